The number of hydrogen-bond acceptors (Lipinski definition) is 3. The SMILES string of the molecule is CCCCSCCCC(=O)Nc1cccc(N)c1C. The van der Waals surface area contributed by atoms with Crippen molar-refractivity contribution in [2.24, 2.45) is 0 Å². The minimum absolute atomic E-state index is 0.0739. The third-order valence-electron chi connectivity index (χ3n) is 2.98. The van der Waals surface area contributed by atoms with Gasteiger partial charge in [-0.05, 0) is 49.0 Å². The maximum atomic E-state index is 11.8. The van der Waals surface area contributed by atoms with Crippen LogP contribution in [0.4, 0.5) is 11.4 Å². The number of nitrogens with two attached hydrogens (primary N) is 1. The van der Waals surface area contributed by atoms with Crippen molar-refractivity contribution >= 4 is 29.0 Å². The summed E-state index contributed by atoms with van der Waals surface area (Å²) in [5.74, 6) is 2.33. The van der Waals surface area contributed by atoms with Crippen LogP contribution in [0.25, 0.3) is 0 Å². The number of thioether (sulfide) groups is 1. The minimum atomic E-state index is 0.0739. The molecule has 0 aliphatic rings. The summed E-state index contributed by atoms with van der Waals surface area (Å²) in [6.07, 6.45) is 4.01. The van der Waals surface area contributed by atoms with E-state index in [9.17, 15) is 4.79 Å². The highest BCUT2D eigenvalue weighted by Gasteiger charge is 2.05. The van der Waals surface area contributed by atoms with E-state index >= 15 is 0 Å². The lowest BCUT2D eigenvalue weighted by molar-refractivity contribution is -0.116. The maximum Gasteiger partial charge on any atom is 0.224 e. The molecule has 0 aromatic heterocycles. The summed E-state index contributed by atoms with van der Waals surface area (Å²) in [6, 6.07) is 5.59. The third-order valence-corrected chi connectivity index (χ3v) is 4.14. The second-order valence-corrected chi connectivity index (χ2v) is 5.86. The molecular weight excluding hydrogens is 256 g/mol. The van der Waals surface area contributed by atoms with Crippen LogP contribution >= 0.6 is 11.8 Å². The number of amides is 1. The minimum Gasteiger partial charge on any atom is -0.398 e. The first-order valence-electron chi connectivity index (χ1n) is 6.87. The van der Waals surface area contributed by atoms with Gasteiger partial charge in [-0.1, -0.05) is 19.4 Å². The molecule has 0 fully saturated rings. The van der Waals surface area contributed by atoms with E-state index in [0.29, 0.717) is 12.1 Å². The molecule has 106 valence electrons. The lowest BCUT2D eigenvalue weighted by Gasteiger charge is -2.10. The van der Waals surface area contributed by atoms with Crippen LogP contribution in [0, 0.1) is 6.92 Å². The van der Waals surface area contributed by atoms with Gasteiger partial charge in [0.15, 0.2) is 0 Å². The Balaban J connectivity index is 2.26. The molecule has 0 bridgehead atoms. The summed E-state index contributed by atoms with van der Waals surface area (Å²) in [7, 11) is 0. The van der Waals surface area contributed by atoms with Gasteiger partial charge in [0.25, 0.3) is 0 Å². The summed E-state index contributed by atoms with van der Waals surface area (Å²) in [5.41, 5.74) is 8.29. The van der Waals surface area contributed by atoms with E-state index in [-0.39, 0.29) is 5.91 Å². The van der Waals surface area contributed by atoms with Gasteiger partial charge in [-0.3, -0.25) is 4.79 Å². The van der Waals surface area contributed by atoms with Crippen LogP contribution in [-0.4, -0.2) is 17.4 Å². The molecule has 1 aromatic carbocycles. The van der Waals surface area contributed by atoms with Crippen LogP contribution in [0.5, 0.6) is 0 Å². The number of carbonyl (C=O) groups is 1. The fourth-order valence-electron chi connectivity index (χ4n) is 1.68. The number of carbonyl (C=O) groups excluding carboxylic acids is 1. The average molecular weight is 280 g/mol. The van der Waals surface area contributed by atoms with Crippen molar-refractivity contribution in [2.75, 3.05) is 22.6 Å². The number of anilines is 2. The van der Waals surface area contributed by atoms with Crippen molar-refractivity contribution in [1.82, 2.24) is 0 Å². The molecular formula is C15H24N2OS. The van der Waals surface area contributed by atoms with Crippen LogP contribution in [0.1, 0.15) is 38.2 Å². The van der Waals surface area contributed by atoms with Crippen molar-refractivity contribution in [1.29, 1.82) is 0 Å². The van der Waals surface area contributed by atoms with E-state index < -0.39 is 0 Å². The Hall–Kier alpha value is -1.16. The van der Waals surface area contributed by atoms with Gasteiger partial charge in [0.2, 0.25) is 5.91 Å². The molecule has 1 rings (SSSR count). The van der Waals surface area contributed by atoms with Gasteiger partial charge in [0.1, 0.15) is 0 Å². The Morgan fingerprint density at radius 3 is 2.79 bits per heavy atom. The van der Waals surface area contributed by atoms with Gasteiger partial charge in [-0.25, -0.2) is 0 Å². The van der Waals surface area contributed by atoms with E-state index in [2.05, 4.69) is 12.2 Å². The van der Waals surface area contributed by atoms with Crippen LogP contribution in [0.15, 0.2) is 18.2 Å². The maximum absolute atomic E-state index is 11.8. The van der Waals surface area contributed by atoms with Crippen LogP contribution < -0.4 is 11.1 Å². The summed E-state index contributed by atoms with van der Waals surface area (Å²) < 4.78 is 0. The Bertz CT molecular complexity index is 407. The van der Waals surface area contributed by atoms with Crippen molar-refractivity contribution in [3.63, 3.8) is 0 Å². The van der Waals surface area contributed by atoms with Gasteiger partial charge in [-0.15, -0.1) is 0 Å². The Morgan fingerprint density at radius 1 is 1.32 bits per heavy atom. The van der Waals surface area contributed by atoms with Crippen LogP contribution in [0.3, 0.4) is 0 Å². The molecule has 1 aromatic rings. The largest absolute Gasteiger partial charge is 0.398 e. The highest BCUT2D eigenvalue weighted by Crippen LogP contribution is 2.20. The fraction of sp³-hybridized carbons (Fsp3) is 0.533. The second kappa shape index (κ2) is 8.86. The smallest absolute Gasteiger partial charge is 0.224 e. The molecule has 1 amide bonds. The lowest BCUT2D eigenvalue weighted by Crippen LogP contribution is -2.12. The molecule has 0 saturated carbocycles. The average Bonchev–Trinajstić information content (AvgIpc) is 2.39. The molecule has 3 N–H and O–H groups in total. The number of rotatable bonds is 8. The zero-order chi connectivity index (χ0) is 14.1. The molecule has 0 aliphatic carbocycles. The van der Waals surface area contributed by atoms with Gasteiger partial charge < -0.3 is 11.1 Å². The molecule has 4 heteroatoms. The van der Waals surface area contributed by atoms with Gasteiger partial charge in [0.05, 0.1) is 0 Å². The normalized spacial score (nSPS) is 10.4. The van der Waals surface area contributed by atoms with Crippen LogP contribution in [-0.2, 0) is 4.79 Å². The molecule has 3 nitrogen and oxygen atoms in total. The third kappa shape index (κ3) is 6.01. The summed E-state index contributed by atoms with van der Waals surface area (Å²) >= 11 is 1.93. The zero-order valence-electron chi connectivity index (χ0n) is 11.9. The number of nitrogen functional groups attached to an aromatic ring is 1. The molecule has 0 aliphatic heterocycles. The Morgan fingerprint density at radius 2 is 2.05 bits per heavy atom. The van der Waals surface area contributed by atoms with Gasteiger partial charge >= 0.3 is 0 Å². The summed E-state index contributed by atoms with van der Waals surface area (Å²) in [6.45, 7) is 4.12. The number of benzene rings is 1. The first-order chi connectivity index (χ1) is 9.15. The van der Waals surface area contributed by atoms with E-state index in [1.54, 1.807) is 0 Å². The van der Waals surface area contributed by atoms with Crippen molar-refractivity contribution < 1.29 is 4.79 Å². The second-order valence-electron chi connectivity index (χ2n) is 4.64. The molecule has 0 saturated heterocycles. The topological polar surface area (TPSA) is 55.1 Å². The monoisotopic (exact) mass is 280 g/mol. The van der Waals surface area contributed by atoms with E-state index in [0.717, 1.165) is 23.4 Å². The standard InChI is InChI=1S/C15H24N2OS/c1-3-4-10-19-11-6-9-15(18)17-14-8-5-7-13(16)12(14)2/h5,7-8H,3-4,6,9-11,16H2,1-2H3,(H,17,18). The van der Waals surface area contributed by atoms with Crippen molar-refractivity contribution in [3.05, 3.63) is 23.8 Å². The molecule has 19 heavy (non-hydrogen) atoms. The molecule has 0 atom stereocenters. The van der Waals surface area contributed by atoms with E-state index in [1.807, 2.05) is 36.9 Å². The first-order valence-corrected chi connectivity index (χ1v) is 8.03. The molecule has 0 heterocycles. The molecule has 0 radical (unpaired) electrons. The Labute approximate surface area is 120 Å². The van der Waals surface area contributed by atoms with Gasteiger partial charge in [-0.2, -0.15) is 11.8 Å². The lowest BCUT2D eigenvalue weighted by atomic mass is 10.1. The van der Waals surface area contributed by atoms with Gasteiger partial charge in [0, 0.05) is 17.8 Å². The number of unbranched alkanes of at least 4 members (excludes halogenated alkanes) is 1. The van der Waals surface area contributed by atoms with E-state index in [1.165, 1.54) is 18.6 Å². The quantitative estimate of drug-likeness (QED) is 0.562. The fourth-order valence-corrected chi connectivity index (χ4v) is 2.73. The molecule has 0 unspecified atom stereocenters. The predicted molar refractivity (Wildman–Crippen MR) is 85.7 cm³/mol. The number of hydrogen-bond donors (Lipinski definition) is 2. The first kappa shape index (κ1) is 15.9. The number of nitrogens with one attached hydrogen (secondary N) is 1. The predicted octanol–water partition coefficient (Wildman–Crippen LogP) is 3.83. The summed E-state index contributed by atoms with van der Waals surface area (Å²) in [4.78, 5) is 11.8. The zero-order valence-corrected chi connectivity index (χ0v) is 12.7. The highest BCUT2D eigenvalue weighted by atomic mass is 32.2. The Kier molecular flexibility index (Phi) is 7.41. The van der Waals surface area contributed by atoms with Crippen LogP contribution in [0.2, 0.25) is 0 Å². The van der Waals surface area contributed by atoms with Crippen molar-refractivity contribution in [2.45, 2.75) is 39.5 Å². The van der Waals surface area contributed by atoms with E-state index in [4.69, 9.17) is 5.73 Å². The summed E-state index contributed by atoms with van der Waals surface area (Å²) in [5, 5.41) is 2.92. The molecule has 0 spiro atoms. The highest BCUT2D eigenvalue weighted by molar-refractivity contribution is 7.99. The van der Waals surface area contributed by atoms with Crippen molar-refractivity contribution in [3.8, 4) is 0 Å².